The van der Waals surface area contributed by atoms with Crippen LogP contribution in [-0.2, 0) is 0 Å². The molecule has 1 heterocycles. The molecule has 1 saturated carbocycles. The molecule has 3 nitrogen and oxygen atoms in total. The van der Waals surface area contributed by atoms with Gasteiger partial charge in [-0.05, 0) is 25.0 Å². The van der Waals surface area contributed by atoms with E-state index in [1.807, 2.05) is 4.90 Å². The van der Waals surface area contributed by atoms with Gasteiger partial charge in [-0.25, -0.2) is 4.39 Å². The highest BCUT2D eigenvalue weighted by molar-refractivity contribution is 6.30. The lowest BCUT2D eigenvalue weighted by atomic mass is 10.1. The first kappa shape index (κ1) is 10.8. The van der Waals surface area contributed by atoms with Crippen molar-refractivity contribution in [2.24, 2.45) is 10.7 Å². The molecule has 1 unspecified atom stereocenters. The second kappa shape index (κ2) is 3.88. The van der Waals surface area contributed by atoms with E-state index >= 15 is 0 Å². The van der Waals surface area contributed by atoms with Crippen molar-refractivity contribution >= 4 is 17.6 Å². The zero-order valence-corrected chi connectivity index (χ0v) is 9.99. The van der Waals surface area contributed by atoms with Crippen LogP contribution in [0.15, 0.2) is 23.2 Å². The molecule has 1 aliphatic carbocycles. The van der Waals surface area contributed by atoms with Crippen molar-refractivity contribution in [3.05, 3.63) is 34.6 Å². The molecule has 90 valence electrons. The fourth-order valence-corrected chi connectivity index (χ4v) is 2.48. The van der Waals surface area contributed by atoms with Gasteiger partial charge < -0.3 is 10.6 Å². The van der Waals surface area contributed by atoms with Crippen molar-refractivity contribution < 1.29 is 4.39 Å². The van der Waals surface area contributed by atoms with E-state index in [0.29, 0.717) is 29.1 Å². The van der Waals surface area contributed by atoms with Gasteiger partial charge in [-0.15, -0.1) is 0 Å². The van der Waals surface area contributed by atoms with Crippen molar-refractivity contribution in [2.75, 3.05) is 6.54 Å². The van der Waals surface area contributed by atoms with Gasteiger partial charge >= 0.3 is 0 Å². The van der Waals surface area contributed by atoms with Gasteiger partial charge in [0.05, 0.1) is 12.6 Å². The molecule has 0 aromatic heterocycles. The lowest BCUT2D eigenvalue weighted by Crippen LogP contribution is -2.38. The first-order valence-corrected chi connectivity index (χ1v) is 6.08. The summed E-state index contributed by atoms with van der Waals surface area (Å²) >= 11 is 5.76. The molecule has 0 saturated heterocycles. The van der Waals surface area contributed by atoms with Crippen molar-refractivity contribution in [1.29, 1.82) is 0 Å². The number of rotatable bonds is 2. The molecule has 2 N–H and O–H groups in total. The largest absolute Gasteiger partial charge is 0.370 e. The molecular weight excluding hydrogens is 241 g/mol. The Morgan fingerprint density at radius 3 is 2.82 bits per heavy atom. The van der Waals surface area contributed by atoms with Crippen molar-refractivity contribution in [1.82, 2.24) is 4.90 Å². The predicted octanol–water partition coefficient (Wildman–Crippen LogP) is 2.31. The average molecular weight is 254 g/mol. The number of hydrogen-bond acceptors (Lipinski definition) is 3. The molecule has 3 rings (SSSR count). The van der Waals surface area contributed by atoms with Crippen LogP contribution in [0.5, 0.6) is 0 Å². The number of nitrogens with two attached hydrogens (primary N) is 1. The third-order valence-electron chi connectivity index (χ3n) is 3.29. The number of nitrogens with zero attached hydrogens (tertiary/aromatic N) is 2. The van der Waals surface area contributed by atoms with Crippen LogP contribution in [0.2, 0.25) is 5.02 Å². The van der Waals surface area contributed by atoms with Gasteiger partial charge in [0.1, 0.15) is 5.82 Å². The van der Waals surface area contributed by atoms with E-state index in [0.717, 1.165) is 12.8 Å². The quantitative estimate of drug-likeness (QED) is 0.879. The summed E-state index contributed by atoms with van der Waals surface area (Å²) in [6, 6.07) is 5.14. The van der Waals surface area contributed by atoms with Gasteiger partial charge in [0.15, 0.2) is 5.96 Å². The number of aliphatic imine (C=N–C) groups is 1. The molecule has 1 fully saturated rings. The number of hydrogen-bond donors (Lipinski definition) is 1. The van der Waals surface area contributed by atoms with E-state index in [2.05, 4.69) is 4.99 Å². The van der Waals surface area contributed by atoms with Gasteiger partial charge in [0, 0.05) is 16.6 Å². The SMILES string of the molecule is NC1=NCC(c2ccc(Cl)cc2F)N1C1CC1. The van der Waals surface area contributed by atoms with Crippen LogP contribution in [0.25, 0.3) is 0 Å². The van der Waals surface area contributed by atoms with Crippen LogP contribution in [0, 0.1) is 5.82 Å². The van der Waals surface area contributed by atoms with Gasteiger partial charge in [0.25, 0.3) is 0 Å². The minimum absolute atomic E-state index is 0.0697. The second-order valence-corrected chi connectivity index (χ2v) is 4.96. The number of guanidine groups is 1. The highest BCUT2D eigenvalue weighted by Gasteiger charge is 2.39. The van der Waals surface area contributed by atoms with Crippen LogP contribution in [0.3, 0.4) is 0 Å². The summed E-state index contributed by atoms with van der Waals surface area (Å²) in [5.74, 6) is 0.255. The Morgan fingerprint density at radius 1 is 1.41 bits per heavy atom. The summed E-state index contributed by atoms with van der Waals surface area (Å²) in [5, 5.41) is 0.413. The Balaban J connectivity index is 1.93. The minimum Gasteiger partial charge on any atom is -0.370 e. The number of benzene rings is 1. The van der Waals surface area contributed by atoms with E-state index in [4.69, 9.17) is 17.3 Å². The molecule has 1 atom stereocenters. The van der Waals surface area contributed by atoms with Crippen LogP contribution in [-0.4, -0.2) is 23.4 Å². The highest BCUT2D eigenvalue weighted by atomic mass is 35.5. The Labute approximate surface area is 104 Å². The van der Waals surface area contributed by atoms with Gasteiger partial charge in [-0.3, -0.25) is 4.99 Å². The van der Waals surface area contributed by atoms with E-state index < -0.39 is 0 Å². The summed E-state index contributed by atoms with van der Waals surface area (Å²) < 4.78 is 13.9. The molecular formula is C12H13ClFN3. The Bertz CT molecular complexity index is 485. The molecule has 1 aromatic carbocycles. The van der Waals surface area contributed by atoms with E-state index in [1.165, 1.54) is 6.07 Å². The van der Waals surface area contributed by atoms with E-state index in [-0.39, 0.29) is 11.9 Å². The van der Waals surface area contributed by atoms with Crippen molar-refractivity contribution in [3.8, 4) is 0 Å². The average Bonchev–Trinajstić information content (AvgIpc) is 3.03. The monoisotopic (exact) mass is 253 g/mol. The molecule has 5 heteroatoms. The smallest absolute Gasteiger partial charge is 0.192 e. The van der Waals surface area contributed by atoms with Crippen LogP contribution in [0.4, 0.5) is 4.39 Å². The highest BCUT2D eigenvalue weighted by Crippen LogP contribution is 2.38. The molecule has 0 spiro atoms. The number of halogens is 2. The van der Waals surface area contributed by atoms with Crippen LogP contribution < -0.4 is 5.73 Å². The molecule has 2 aliphatic rings. The first-order valence-electron chi connectivity index (χ1n) is 5.70. The van der Waals surface area contributed by atoms with Crippen molar-refractivity contribution in [2.45, 2.75) is 24.9 Å². The Kier molecular flexibility index (Phi) is 2.47. The lowest BCUT2D eigenvalue weighted by molar-refractivity contribution is 0.329. The van der Waals surface area contributed by atoms with Gasteiger partial charge in [0.2, 0.25) is 0 Å². The minimum atomic E-state index is -0.280. The maximum Gasteiger partial charge on any atom is 0.192 e. The topological polar surface area (TPSA) is 41.6 Å². The molecule has 1 aromatic rings. The normalized spacial score (nSPS) is 24.0. The zero-order valence-electron chi connectivity index (χ0n) is 9.24. The molecule has 0 radical (unpaired) electrons. The van der Waals surface area contributed by atoms with Gasteiger partial charge in [-0.1, -0.05) is 17.7 Å². The molecule has 17 heavy (non-hydrogen) atoms. The Morgan fingerprint density at radius 2 is 2.18 bits per heavy atom. The van der Waals surface area contributed by atoms with Gasteiger partial charge in [-0.2, -0.15) is 0 Å². The Hall–Kier alpha value is -1.29. The third-order valence-corrected chi connectivity index (χ3v) is 3.52. The molecule has 1 aliphatic heterocycles. The summed E-state index contributed by atoms with van der Waals surface area (Å²) in [6.45, 7) is 0.529. The van der Waals surface area contributed by atoms with E-state index in [1.54, 1.807) is 12.1 Å². The summed E-state index contributed by atoms with van der Waals surface area (Å²) in [4.78, 5) is 6.25. The standard InChI is InChI=1S/C12H13ClFN3/c13-7-1-4-9(10(14)5-7)11-6-16-12(15)17(11)8-2-3-8/h1,4-5,8,11H,2-3,6H2,(H2,15,16). The maximum atomic E-state index is 13.9. The van der Waals surface area contributed by atoms with Crippen molar-refractivity contribution in [3.63, 3.8) is 0 Å². The lowest BCUT2D eigenvalue weighted by Gasteiger charge is -2.26. The molecule has 0 amide bonds. The first-order chi connectivity index (χ1) is 8.16. The van der Waals surface area contributed by atoms with Crippen LogP contribution >= 0.6 is 11.6 Å². The van der Waals surface area contributed by atoms with Crippen LogP contribution in [0.1, 0.15) is 24.4 Å². The van der Waals surface area contributed by atoms with E-state index in [9.17, 15) is 4.39 Å². The molecule has 0 bridgehead atoms. The fraction of sp³-hybridized carbons (Fsp3) is 0.417. The predicted molar refractivity (Wildman–Crippen MR) is 65.5 cm³/mol. The zero-order chi connectivity index (χ0) is 12.0. The summed E-state index contributed by atoms with van der Waals surface area (Å²) in [5.41, 5.74) is 6.49. The fourth-order valence-electron chi connectivity index (χ4n) is 2.32. The summed E-state index contributed by atoms with van der Waals surface area (Å²) in [6.07, 6.45) is 2.23. The maximum absolute atomic E-state index is 13.9. The second-order valence-electron chi connectivity index (χ2n) is 4.52. The third kappa shape index (κ3) is 1.86. The summed E-state index contributed by atoms with van der Waals surface area (Å²) in [7, 11) is 0.